The van der Waals surface area contributed by atoms with Gasteiger partial charge < -0.3 is 15.0 Å². The van der Waals surface area contributed by atoms with Gasteiger partial charge in [0, 0.05) is 23.7 Å². The molecule has 0 spiro atoms. The number of carbonyl (C=O) groups excluding carboxylic acids is 2. The van der Waals surface area contributed by atoms with Crippen molar-refractivity contribution in [1.82, 2.24) is 5.32 Å². The van der Waals surface area contributed by atoms with Crippen LogP contribution in [0.3, 0.4) is 0 Å². The molecule has 0 radical (unpaired) electrons. The van der Waals surface area contributed by atoms with Gasteiger partial charge >= 0.3 is 0 Å². The molecule has 1 fully saturated rings. The summed E-state index contributed by atoms with van der Waals surface area (Å²) >= 11 is 5.85. The molecule has 2 aromatic rings. The second kappa shape index (κ2) is 7.53. The molecule has 1 aliphatic rings. The second-order valence-corrected chi connectivity index (χ2v) is 6.13. The third-order valence-electron chi connectivity index (χ3n) is 3.81. The minimum absolute atomic E-state index is 0.0629. The van der Waals surface area contributed by atoms with Crippen LogP contribution in [0.1, 0.15) is 6.42 Å². The van der Waals surface area contributed by atoms with Gasteiger partial charge in [-0.15, -0.1) is 0 Å². The molecule has 1 atom stereocenters. The van der Waals surface area contributed by atoms with Crippen LogP contribution in [0.4, 0.5) is 10.1 Å². The summed E-state index contributed by atoms with van der Waals surface area (Å²) in [5.41, 5.74) is 0.744. The molecule has 0 bridgehead atoms. The maximum Gasteiger partial charge on any atom is 0.258 e. The number of rotatable bonds is 5. The zero-order chi connectivity index (χ0) is 17.8. The molecule has 3 rings (SSSR count). The van der Waals surface area contributed by atoms with Crippen molar-refractivity contribution in [1.29, 1.82) is 0 Å². The van der Waals surface area contributed by atoms with E-state index in [-0.39, 0.29) is 36.7 Å². The minimum atomic E-state index is -0.372. The predicted molar refractivity (Wildman–Crippen MR) is 92.2 cm³/mol. The van der Waals surface area contributed by atoms with Crippen LogP contribution in [0.15, 0.2) is 48.5 Å². The lowest BCUT2D eigenvalue weighted by molar-refractivity contribution is -0.123. The highest BCUT2D eigenvalue weighted by Crippen LogP contribution is 2.23. The quantitative estimate of drug-likeness (QED) is 0.889. The van der Waals surface area contributed by atoms with Gasteiger partial charge in [0.2, 0.25) is 5.91 Å². The Morgan fingerprint density at radius 1 is 1.20 bits per heavy atom. The van der Waals surface area contributed by atoms with Crippen LogP contribution >= 0.6 is 11.6 Å². The average molecular weight is 363 g/mol. The van der Waals surface area contributed by atoms with E-state index in [4.69, 9.17) is 16.3 Å². The third kappa shape index (κ3) is 4.48. The summed E-state index contributed by atoms with van der Waals surface area (Å²) in [6.45, 7) is 0.194. The number of carbonyl (C=O) groups is 2. The highest BCUT2D eigenvalue weighted by molar-refractivity contribution is 6.30. The number of nitrogens with one attached hydrogen (secondary N) is 1. The van der Waals surface area contributed by atoms with E-state index in [9.17, 15) is 14.0 Å². The molecule has 0 aromatic heterocycles. The Balaban J connectivity index is 1.51. The van der Waals surface area contributed by atoms with Gasteiger partial charge in [-0.05, 0) is 48.5 Å². The molecule has 1 heterocycles. The van der Waals surface area contributed by atoms with Crippen LogP contribution in [0, 0.1) is 5.82 Å². The predicted octanol–water partition coefficient (Wildman–Crippen LogP) is 2.78. The Labute approximate surface area is 149 Å². The van der Waals surface area contributed by atoms with Gasteiger partial charge in [-0.1, -0.05) is 11.6 Å². The molecule has 130 valence electrons. The van der Waals surface area contributed by atoms with Crippen LogP contribution in [0.5, 0.6) is 5.75 Å². The van der Waals surface area contributed by atoms with Crippen LogP contribution in [0.2, 0.25) is 5.02 Å². The normalized spacial score (nSPS) is 16.8. The Hall–Kier alpha value is -2.60. The van der Waals surface area contributed by atoms with E-state index in [0.717, 1.165) is 5.69 Å². The number of ether oxygens (including phenoxy) is 1. The molecule has 1 saturated heterocycles. The Morgan fingerprint density at radius 2 is 1.88 bits per heavy atom. The van der Waals surface area contributed by atoms with Gasteiger partial charge in [0.25, 0.3) is 5.91 Å². The van der Waals surface area contributed by atoms with Crippen LogP contribution in [0.25, 0.3) is 0 Å². The average Bonchev–Trinajstić information content (AvgIpc) is 2.95. The topological polar surface area (TPSA) is 58.6 Å². The number of anilines is 1. The van der Waals surface area contributed by atoms with Crippen LogP contribution < -0.4 is 15.0 Å². The number of hydrogen-bond acceptors (Lipinski definition) is 3. The van der Waals surface area contributed by atoms with E-state index in [1.165, 1.54) is 24.3 Å². The molecular weight excluding hydrogens is 347 g/mol. The maximum atomic E-state index is 12.8. The fraction of sp³-hybridized carbons (Fsp3) is 0.222. The molecule has 1 N–H and O–H groups in total. The van der Waals surface area contributed by atoms with Crippen molar-refractivity contribution >= 4 is 29.1 Å². The van der Waals surface area contributed by atoms with Crippen LogP contribution in [-0.2, 0) is 9.59 Å². The summed E-state index contributed by atoms with van der Waals surface area (Å²) in [4.78, 5) is 25.7. The fourth-order valence-corrected chi connectivity index (χ4v) is 2.75. The first-order chi connectivity index (χ1) is 12.0. The minimum Gasteiger partial charge on any atom is -0.484 e. The largest absolute Gasteiger partial charge is 0.484 e. The summed E-state index contributed by atoms with van der Waals surface area (Å²) in [5.74, 6) is -0.363. The number of nitrogens with zero attached hydrogens (tertiary/aromatic N) is 1. The third-order valence-corrected chi connectivity index (χ3v) is 4.06. The maximum absolute atomic E-state index is 12.8. The van der Waals surface area contributed by atoms with Crippen molar-refractivity contribution in [2.24, 2.45) is 0 Å². The van der Waals surface area contributed by atoms with Crippen molar-refractivity contribution in [3.63, 3.8) is 0 Å². The smallest absolute Gasteiger partial charge is 0.258 e. The molecule has 0 saturated carbocycles. The Morgan fingerprint density at radius 3 is 2.56 bits per heavy atom. The second-order valence-electron chi connectivity index (χ2n) is 5.69. The molecule has 2 aromatic carbocycles. The van der Waals surface area contributed by atoms with Gasteiger partial charge in [0.15, 0.2) is 6.61 Å². The van der Waals surface area contributed by atoms with E-state index in [0.29, 0.717) is 17.3 Å². The molecule has 25 heavy (non-hydrogen) atoms. The lowest BCUT2D eigenvalue weighted by Crippen LogP contribution is -2.39. The SMILES string of the molecule is O=C(COc1ccc(F)cc1)N[C@H]1CC(=O)N(c2ccc(Cl)cc2)C1. The summed E-state index contributed by atoms with van der Waals surface area (Å²) in [6.07, 6.45) is 0.227. The highest BCUT2D eigenvalue weighted by Gasteiger charge is 2.31. The van der Waals surface area contributed by atoms with Gasteiger partial charge in [-0.2, -0.15) is 0 Å². The van der Waals surface area contributed by atoms with Crippen molar-refractivity contribution in [2.45, 2.75) is 12.5 Å². The number of hydrogen-bond donors (Lipinski definition) is 1. The lowest BCUT2D eigenvalue weighted by atomic mass is 10.2. The van der Waals surface area contributed by atoms with E-state index in [1.54, 1.807) is 29.2 Å². The Bertz CT molecular complexity index is 765. The molecule has 0 unspecified atom stereocenters. The van der Waals surface area contributed by atoms with Gasteiger partial charge in [0.1, 0.15) is 11.6 Å². The first kappa shape index (κ1) is 17.2. The summed E-state index contributed by atoms with van der Waals surface area (Å²) in [6, 6.07) is 12.1. The monoisotopic (exact) mass is 362 g/mol. The number of halogens is 2. The summed E-state index contributed by atoms with van der Waals surface area (Å²) in [7, 11) is 0. The molecule has 7 heteroatoms. The van der Waals surface area contributed by atoms with Gasteiger partial charge in [-0.3, -0.25) is 9.59 Å². The van der Waals surface area contributed by atoms with Crippen molar-refractivity contribution in [3.05, 3.63) is 59.4 Å². The van der Waals surface area contributed by atoms with E-state index >= 15 is 0 Å². The van der Waals surface area contributed by atoms with Crippen molar-refractivity contribution in [3.8, 4) is 5.75 Å². The zero-order valence-corrected chi connectivity index (χ0v) is 14.0. The fourth-order valence-electron chi connectivity index (χ4n) is 2.62. The number of amides is 2. The van der Waals surface area contributed by atoms with E-state index < -0.39 is 0 Å². The molecule has 1 aliphatic heterocycles. The van der Waals surface area contributed by atoms with Gasteiger partial charge in [0.05, 0.1) is 6.04 Å². The summed E-state index contributed by atoms with van der Waals surface area (Å²) < 4.78 is 18.1. The first-order valence-electron chi connectivity index (χ1n) is 7.75. The van der Waals surface area contributed by atoms with Crippen molar-refractivity contribution in [2.75, 3.05) is 18.1 Å². The first-order valence-corrected chi connectivity index (χ1v) is 8.13. The zero-order valence-electron chi connectivity index (χ0n) is 13.2. The summed E-state index contributed by atoms with van der Waals surface area (Å²) in [5, 5.41) is 3.37. The highest BCUT2D eigenvalue weighted by atomic mass is 35.5. The van der Waals surface area contributed by atoms with Crippen LogP contribution in [-0.4, -0.2) is 31.0 Å². The Kier molecular flexibility index (Phi) is 5.19. The van der Waals surface area contributed by atoms with E-state index in [1.807, 2.05) is 0 Å². The van der Waals surface area contributed by atoms with E-state index in [2.05, 4.69) is 5.32 Å². The van der Waals surface area contributed by atoms with Gasteiger partial charge in [-0.25, -0.2) is 4.39 Å². The molecule has 0 aliphatic carbocycles. The van der Waals surface area contributed by atoms with Crippen molar-refractivity contribution < 1.29 is 18.7 Å². The number of benzene rings is 2. The molecular formula is C18H16ClFN2O3. The molecule has 2 amide bonds. The standard InChI is InChI=1S/C18H16ClFN2O3/c19-12-1-5-15(6-2-12)22-10-14(9-18(22)24)21-17(23)11-25-16-7-3-13(20)4-8-16/h1-8,14H,9-11H2,(H,21,23)/t14-/m0/s1. The lowest BCUT2D eigenvalue weighted by Gasteiger charge is -2.17. The molecule has 5 nitrogen and oxygen atoms in total.